The molecule has 0 spiro atoms. The van der Waals surface area contributed by atoms with Crippen LogP contribution in [-0.4, -0.2) is 25.7 Å². The van der Waals surface area contributed by atoms with Gasteiger partial charge < -0.3 is 4.74 Å². The Morgan fingerprint density at radius 3 is 2.67 bits per heavy atom. The van der Waals surface area contributed by atoms with Gasteiger partial charge in [0.05, 0.1) is 23.6 Å². The second kappa shape index (κ2) is 6.68. The molecule has 3 rings (SSSR count). The zero-order valence-electron chi connectivity index (χ0n) is 12.9. The van der Waals surface area contributed by atoms with E-state index in [9.17, 15) is 8.78 Å². The standard InChI is InChI=1S/C16H15ClF2N4O/c1-16(18,19)6-3-7-23-14-11(8-22-23)4-2-5-13(14)24-15-20-9-12(17)10-21-15/h2,4-5,8-10H,3,6-7H2,1H3. The number of benzene rings is 1. The van der Waals surface area contributed by atoms with Crippen molar-refractivity contribution in [2.75, 3.05) is 0 Å². The fourth-order valence-corrected chi connectivity index (χ4v) is 2.45. The van der Waals surface area contributed by atoms with Gasteiger partial charge in [-0.3, -0.25) is 4.68 Å². The predicted octanol–water partition coefficient (Wildman–Crippen LogP) is 4.71. The third kappa shape index (κ3) is 3.97. The summed E-state index contributed by atoms with van der Waals surface area (Å²) in [7, 11) is 0. The first-order valence-electron chi connectivity index (χ1n) is 7.40. The lowest BCUT2D eigenvalue weighted by Crippen LogP contribution is -2.11. The number of halogens is 3. The third-order valence-corrected chi connectivity index (χ3v) is 3.60. The van der Waals surface area contributed by atoms with Crippen molar-refractivity contribution in [1.82, 2.24) is 19.7 Å². The highest BCUT2D eigenvalue weighted by molar-refractivity contribution is 6.30. The largest absolute Gasteiger partial charge is 0.422 e. The van der Waals surface area contributed by atoms with E-state index < -0.39 is 5.92 Å². The maximum atomic E-state index is 13.0. The first kappa shape index (κ1) is 16.6. The van der Waals surface area contributed by atoms with Crippen molar-refractivity contribution in [3.8, 4) is 11.8 Å². The SMILES string of the molecule is CC(F)(F)CCCn1ncc2cccc(Oc3ncc(Cl)cn3)c21. The first-order valence-corrected chi connectivity index (χ1v) is 7.78. The molecule has 0 bridgehead atoms. The van der Waals surface area contributed by atoms with E-state index in [4.69, 9.17) is 16.3 Å². The molecule has 126 valence electrons. The van der Waals surface area contributed by atoms with Crippen molar-refractivity contribution in [2.45, 2.75) is 32.2 Å². The first-order chi connectivity index (χ1) is 11.4. The summed E-state index contributed by atoms with van der Waals surface area (Å²) in [5.74, 6) is -2.17. The molecule has 1 aromatic carbocycles. The zero-order valence-corrected chi connectivity index (χ0v) is 13.7. The van der Waals surface area contributed by atoms with Gasteiger partial charge in [0.1, 0.15) is 5.52 Å². The van der Waals surface area contributed by atoms with Crippen LogP contribution >= 0.6 is 11.6 Å². The molecule has 0 atom stereocenters. The minimum Gasteiger partial charge on any atom is -0.422 e. The van der Waals surface area contributed by atoms with E-state index in [1.165, 1.54) is 12.4 Å². The third-order valence-electron chi connectivity index (χ3n) is 3.41. The van der Waals surface area contributed by atoms with Crippen LogP contribution < -0.4 is 4.74 Å². The molecule has 0 N–H and O–H groups in total. The fraction of sp³-hybridized carbons (Fsp3) is 0.312. The molecular formula is C16H15ClF2N4O. The number of alkyl halides is 2. The Kier molecular flexibility index (Phi) is 4.62. The second-order valence-corrected chi connectivity index (χ2v) is 5.96. The summed E-state index contributed by atoms with van der Waals surface area (Å²) in [6, 6.07) is 5.61. The summed E-state index contributed by atoms with van der Waals surface area (Å²) in [6.07, 6.45) is 4.66. The molecular weight excluding hydrogens is 338 g/mol. The number of hydrogen-bond donors (Lipinski definition) is 0. The Labute approximate surface area is 142 Å². The normalized spacial score (nSPS) is 11.8. The van der Waals surface area contributed by atoms with Gasteiger partial charge in [0.15, 0.2) is 5.75 Å². The summed E-state index contributed by atoms with van der Waals surface area (Å²) < 4.78 is 33.3. The smallest absolute Gasteiger partial charge is 0.322 e. The highest BCUT2D eigenvalue weighted by atomic mass is 35.5. The Morgan fingerprint density at radius 1 is 1.21 bits per heavy atom. The second-order valence-electron chi connectivity index (χ2n) is 5.52. The van der Waals surface area contributed by atoms with Gasteiger partial charge in [-0.25, -0.2) is 18.7 Å². The average Bonchev–Trinajstić information content (AvgIpc) is 2.93. The molecule has 2 heterocycles. The molecule has 0 radical (unpaired) electrons. The van der Waals surface area contributed by atoms with Crippen LogP contribution in [0.25, 0.3) is 10.9 Å². The molecule has 2 aromatic heterocycles. The molecule has 5 nitrogen and oxygen atoms in total. The number of aromatic nitrogens is 4. The lowest BCUT2D eigenvalue weighted by atomic mass is 10.2. The van der Waals surface area contributed by atoms with E-state index in [0.717, 1.165) is 17.8 Å². The van der Waals surface area contributed by atoms with E-state index in [1.54, 1.807) is 16.9 Å². The van der Waals surface area contributed by atoms with Crippen LogP contribution in [0.3, 0.4) is 0 Å². The number of para-hydroxylation sites is 1. The number of ether oxygens (including phenoxy) is 1. The van der Waals surface area contributed by atoms with Crippen molar-refractivity contribution < 1.29 is 13.5 Å². The highest BCUT2D eigenvalue weighted by Gasteiger charge is 2.20. The monoisotopic (exact) mass is 352 g/mol. The molecule has 0 unspecified atom stereocenters. The quantitative estimate of drug-likeness (QED) is 0.644. The van der Waals surface area contributed by atoms with E-state index in [-0.39, 0.29) is 12.4 Å². The maximum Gasteiger partial charge on any atom is 0.322 e. The van der Waals surface area contributed by atoms with Crippen molar-refractivity contribution in [3.63, 3.8) is 0 Å². The summed E-state index contributed by atoms with van der Waals surface area (Å²) in [4.78, 5) is 7.99. The van der Waals surface area contributed by atoms with Gasteiger partial charge in [-0.05, 0) is 19.4 Å². The van der Waals surface area contributed by atoms with Gasteiger partial charge in [0.2, 0.25) is 5.92 Å². The average molecular weight is 353 g/mol. The lowest BCUT2D eigenvalue weighted by molar-refractivity contribution is 0.00979. The van der Waals surface area contributed by atoms with Crippen LogP contribution in [0.4, 0.5) is 8.78 Å². The molecule has 0 aliphatic heterocycles. The van der Waals surface area contributed by atoms with Gasteiger partial charge in [0.25, 0.3) is 0 Å². The summed E-state index contributed by atoms with van der Waals surface area (Å²) >= 11 is 5.76. The number of fused-ring (bicyclic) bond motifs is 1. The van der Waals surface area contributed by atoms with Gasteiger partial charge in [0, 0.05) is 18.4 Å². The highest BCUT2D eigenvalue weighted by Crippen LogP contribution is 2.29. The van der Waals surface area contributed by atoms with Crippen molar-refractivity contribution in [3.05, 3.63) is 41.8 Å². The minimum absolute atomic E-state index is 0.153. The zero-order chi connectivity index (χ0) is 17.2. The van der Waals surface area contributed by atoms with Crippen LogP contribution in [0, 0.1) is 0 Å². The van der Waals surface area contributed by atoms with Gasteiger partial charge in [-0.15, -0.1) is 0 Å². The van der Waals surface area contributed by atoms with E-state index in [2.05, 4.69) is 15.1 Å². The molecule has 0 fully saturated rings. The fourth-order valence-electron chi connectivity index (χ4n) is 2.35. The van der Waals surface area contributed by atoms with Gasteiger partial charge in [-0.1, -0.05) is 23.7 Å². The Bertz CT molecular complexity index is 830. The Balaban J connectivity index is 1.85. The van der Waals surface area contributed by atoms with Crippen LogP contribution in [0.2, 0.25) is 5.02 Å². The molecule has 8 heteroatoms. The van der Waals surface area contributed by atoms with E-state index >= 15 is 0 Å². The Hall–Kier alpha value is -2.28. The maximum absolute atomic E-state index is 13.0. The van der Waals surface area contributed by atoms with Crippen molar-refractivity contribution in [1.29, 1.82) is 0 Å². The predicted molar refractivity (Wildman–Crippen MR) is 86.7 cm³/mol. The number of hydrogen-bond acceptors (Lipinski definition) is 4. The summed E-state index contributed by atoms with van der Waals surface area (Å²) in [5, 5.41) is 5.52. The summed E-state index contributed by atoms with van der Waals surface area (Å²) in [5.41, 5.74) is 0.718. The van der Waals surface area contributed by atoms with Crippen molar-refractivity contribution >= 4 is 22.5 Å². The number of nitrogens with zero attached hydrogens (tertiary/aromatic N) is 4. The van der Waals surface area contributed by atoms with Crippen LogP contribution in [0.1, 0.15) is 19.8 Å². The molecule has 0 amide bonds. The van der Waals surface area contributed by atoms with E-state index in [1.807, 2.05) is 12.1 Å². The van der Waals surface area contributed by atoms with Crippen LogP contribution in [-0.2, 0) is 6.54 Å². The molecule has 0 saturated heterocycles. The van der Waals surface area contributed by atoms with Crippen LogP contribution in [0.5, 0.6) is 11.8 Å². The van der Waals surface area contributed by atoms with Crippen molar-refractivity contribution in [2.24, 2.45) is 0 Å². The van der Waals surface area contributed by atoms with Gasteiger partial charge in [-0.2, -0.15) is 5.10 Å². The lowest BCUT2D eigenvalue weighted by Gasteiger charge is -2.11. The topological polar surface area (TPSA) is 52.8 Å². The molecule has 3 aromatic rings. The minimum atomic E-state index is -2.68. The van der Waals surface area contributed by atoms with Crippen LogP contribution in [0.15, 0.2) is 36.8 Å². The number of rotatable bonds is 6. The molecule has 24 heavy (non-hydrogen) atoms. The number of aryl methyl sites for hydroxylation is 1. The molecule has 0 saturated carbocycles. The van der Waals surface area contributed by atoms with E-state index in [0.29, 0.717) is 23.7 Å². The molecule has 0 aliphatic rings. The summed E-state index contributed by atoms with van der Waals surface area (Å²) in [6.45, 7) is 1.29. The Morgan fingerprint density at radius 2 is 1.96 bits per heavy atom. The molecule has 0 aliphatic carbocycles. The van der Waals surface area contributed by atoms with Gasteiger partial charge >= 0.3 is 6.01 Å².